The first kappa shape index (κ1) is 25.6. The van der Waals surface area contributed by atoms with Crippen LogP contribution in [-0.2, 0) is 16.1 Å². The van der Waals surface area contributed by atoms with Gasteiger partial charge in [0.25, 0.3) is 5.91 Å². The lowest BCUT2D eigenvalue weighted by molar-refractivity contribution is -0.115. The number of rotatable bonds is 5. The summed E-state index contributed by atoms with van der Waals surface area (Å²) in [6.45, 7) is 8.46. The molecule has 0 unspecified atom stereocenters. The highest BCUT2D eigenvalue weighted by atomic mass is 16.5. The molecule has 1 aliphatic rings. The van der Waals surface area contributed by atoms with Crippen LogP contribution in [0, 0.1) is 5.92 Å². The third-order valence-corrected chi connectivity index (χ3v) is 6.32. The first-order valence-corrected chi connectivity index (χ1v) is 11.8. The van der Waals surface area contributed by atoms with Gasteiger partial charge in [-0.25, -0.2) is 0 Å². The van der Waals surface area contributed by atoms with Crippen LogP contribution >= 0.6 is 0 Å². The second-order valence-electron chi connectivity index (χ2n) is 8.99. The van der Waals surface area contributed by atoms with E-state index in [4.69, 9.17) is 9.47 Å². The molecular weight excluding hydrogens is 432 g/mol. The molecule has 0 radical (unpaired) electrons. The Labute approximate surface area is 202 Å². The number of fused-ring (bicyclic) bond motifs is 1. The standard InChI is InChI=1S/C26H36N4O4/c1-6-25(31)28-21-7-8-22-23(13-21)34-17-19(3)30(15-20-9-11-27-12-10-20)14-18(2)24(33-5)16-29(4)26(22)32/h7-13,18-19,24H,6,14-17H2,1-5H3,(H,28,31)/t18-,19-,24-/m1/s1. The van der Waals surface area contributed by atoms with E-state index in [9.17, 15) is 9.59 Å². The van der Waals surface area contributed by atoms with Gasteiger partial charge in [-0.2, -0.15) is 0 Å². The van der Waals surface area contributed by atoms with Gasteiger partial charge in [-0.15, -0.1) is 0 Å². The highest BCUT2D eigenvalue weighted by Crippen LogP contribution is 2.27. The Morgan fingerprint density at radius 3 is 2.62 bits per heavy atom. The molecule has 0 aliphatic carbocycles. The van der Waals surface area contributed by atoms with Crippen LogP contribution in [-0.4, -0.2) is 72.6 Å². The van der Waals surface area contributed by atoms with Crippen molar-refractivity contribution in [3.8, 4) is 5.75 Å². The lowest BCUT2D eigenvalue weighted by atomic mass is 10.0. The number of benzene rings is 1. The van der Waals surface area contributed by atoms with Gasteiger partial charge in [-0.1, -0.05) is 13.8 Å². The van der Waals surface area contributed by atoms with Crippen molar-refractivity contribution in [2.75, 3.05) is 39.2 Å². The molecule has 0 spiro atoms. The summed E-state index contributed by atoms with van der Waals surface area (Å²) < 4.78 is 12.0. The molecule has 8 nitrogen and oxygen atoms in total. The van der Waals surface area contributed by atoms with E-state index in [2.05, 4.69) is 29.0 Å². The number of aromatic nitrogens is 1. The first-order chi connectivity index (χ1) is 16.3. The summed E-state index contributed by atoms with van der Waals surface area (Å²) >= 11 is 0. The van der Waals surface area contributed by atoms with Gasteiger partial charge in [0.2, 0.25) is 5.91 Å². The number of pyridine rings is 1. The number of methoxy groups -OCH3 is 1. The van der Waals surface area contributed by atoms with E-state index in [1.54, 1.807) is 56.6 Å². The van der Waals surface area contributed by atoms with E-state index in [-0.39, 0.29) is 29.9 Å². The molecule has 2 aromatic rings. The van der Waals surface area contributed by atoms with Crippen molar-refractivity contribution in [2.24, 2.45) is 5.92 Å². The third-order valence-electron chi connectivity index (χ3n) is 6.32. The number of carbonyl (C=O) groups excluding carboxylic acids is 2. The summed E-state index contributed by atoms with van der Waals surface area (Å²) in [6, 6.07) is 9.30. The smallest absolute Gasteiger partial charge is 0.257 e. The maximum absolute atomic E-state index is 13.3. The van der Waals surface area contributed by atoms with E-state index in [1.807, 2.05) is 12.1 Å². The van der Waals surface area contributed by atoms with Crippen molar-refractivity contribution < 1.29 is 19.1 Å². The maximum atomic E-state index is 13.3. The number of nitrogens with one attached hydrogen (secondary N) is 1. The van der Waals surface area contributed by atoms with E-state index in [0.29, 0.717) is 36.6 Å². The van der Waals surface area contributed by atoms with Crippen LogP contribution in [0.1, 0.15) is 43.1 Å². The Bertz CT molecular complexity index is 969. The largest absolute Gasteiger partial charge is 0.491 e. The van der Waals surface area contributed by atoms with Gasteiger partial charge in [0, 0.05) is 70.4 Å². The molecule has 0 bridgehead atoms. The lowest BCUT2D eigenvalue weighted by Gasteiger charge is -2.36. The van der Waals surface area contributed by atoms with Crippen LogP contribution in [0.5, 0.6) is 5.75 Å². The molecule has 0 saturated carbocycles. The zero-order valence-corrected chi connectivity index (χ0v) is 20.8. The number of carbonyl (C=O) groups is 2. The number of amides is 2. The number of ether oxygens (including phenoxy) is 2. The molecule has 3 atom stereocenters. The van der Waals surface area contributed by atoms with Crippen molar-refractivity contribution >= 4 is 17.5 Å². The van der Waals surface area contributed by atoms with Crippen molar-refractivity contribution in [3.63, 3.8) is 0 Å². The molecule has 2 amide bonds. The minimum atomic E-state index is -0.139. The Hall–Kier alpha value is -2.97. The van der Waals surface area contributed by atoms with E-state index >= 15 is 0 Å². The summed E-state index contributed by atoms with van der Waals surface area (Å²) in [5.41, 5.74) is 2.25. The molecule has 184 valence electrons. The third kappa shape index (κ3) is 6.55. The number of anilines is 1. The van der Waals surface area contributed by atoms with Gasteiger partial charge in [0.1, 0.15) is 12.4 Å². The normalized spacial score (nSPS) is 22.2. The van der Waals surface area contributed by atoms with Gasteiger partial charge in [0.15, 0.2) is 0 Å². The molecule has 34 heavy (non-hydrogen) atoms. The van der Waals surface area contributed by atoms with E-state index < -0.39 is 0 Å². The monoisotopic (exact) mass is 468 g/mol. The number of hydrogen-bond acceptors (Lipinski definition) is 6. The molecule has 8 heteroatoms. The molecule has 0 saturated heterocycles. The zero-order valence-electron chi connectivity index (χ0n) is 20.8. The molecule has 1 aromatic carbocycles. The number of likely N-dealkylation sites (N-methyl/N-ethyl adjacent to an activating group) is 1. The van der Waals surface area contributed by atoms with Crippen LogP contribution in [0.15, 0.2) is 42.7 Å². The van der Waals surface area contributed by atoms with Crippen LogP contribution in [0.25, 0.3) is 0 Å². The van der Waals surface area contributed by atoms with Crippen molar-refractivity contribution in [3.05, 3.63) is 53.9 Å². The fourth-order valence-electron chi connectivity index (χ4n) is 4.12. The van der Waals surface area contributed by atoms with Crippen LogP contribution in [0.4, 0.5) is 5.69 Å². The quantitative estimate of drug-likeness (QED) is 0.724. The summed E-state index contributed by atoms with van der Waals surface area (Å²) in [7, 11) is 3.47. The Balaban J connectivity index is 1.94. The summed E-state index contributed by atoms with van der Waals surface area (Å²) in [5, 5.41) is 2.85. The predicted molar refractivity (Wildman–Crippen MR) is 132 cm³/mol. The van der Waals surface area contributed by atoms with Crippen LogP contribution in [0.3, 0.4) is 0 Å². The second kappa shape index (κ2) is 11.9. The van der Waals surface area contributed by atoms with E-state index in [0.717, 1.165) is 13.1 Å². The Morgan fingerprint density at radius 2 is 1.94 bits per heavy atom. The summed E-state index contributed by atoms with van der Waals surface area (Å²) in [5.74, 6) is 0.420. The van der Waals surface area contributed by atoms with Crippen molar-refractivity contribution in [1.82, 2.24) is 14.8 Å². The second-order valence-corrected chi connectivity index (χ2v) is 8.99. The molecule has 1 aliphatic heterocycles. The average molecular weight is 469 g/mol. The average Bonchev–Trinajstić information content (AvgIpc) is 2.84. The van der Waals surface area contributed by atoms with Crippen LogP contribution in [0.2, 0.25) is 0 Å². The number of nitrogens with zero attached hydrogens (tertiary/aromatic N) is 3. The fourth-order valence-corrected chi connectivity index (χ4v) is 4.12. The highest BCUT2D eigenvalue weighted by Gasteiger charge is 2.28. The topological polar surface area (TPSA) is 84.0 Å². The first-order valence-electron chi connectivity index (χ1n) is 11.8. The highest BCUT2D eigenvalue weighted by molar-refractivity contribution is 5.98. The van der Waals surface area contributed by atoms with Gasteiger partial charge < -0.3 is 19.7 Å². The maximum Gasteiger partial charge on any atom is 0.257 e. The lowest BCUT2D eigenvalue weighted by Crippen LogP contribution is -2.46. The van der Waals surface area contributed by atoms with Crippen molar-refractivity contribution in [2.45, 2.75) is 45.9 Å². The van der Waals surface area contributed by atoms with Crippen molar-refractivity contribution in [1.29, 1.82) is 0 Å². The van der Waals surface area contributed by atoms with Gasteiger partial charge in [-0.05, 0) is 42.7 Å². The SMILES string of the molecule is CCC(=O)Nc1ccc2c(c1)OC[C@@H](C)N(Cc1ccncc1)C[C@@H](C)[C@H](OC)CN(C)C2=O. The fraction of sp³-hybridized carbons (Fsp3) is 0.500. The van der Waals surface area contributed by atoms with E-state index in [1.165, 1.54) is 5.56 Å². The molecule has 1 N–H and O–H groups in total. The molecular formula is C26H36N4O4. The minimum Gasteiger partial charge on any atom is -0.491 e. The Kier molecular flexibility index (Phi) is 9.01. The number of hydrogen-bond donors (Lipinski definition) is 1. The summed E-state index contributed by atoms with van der Waals surface area (Å²) in [4.78, 5) is 33.3. The Morgan fingerprint density at radius 1 is 1.21 bits per heavy atom. The molecule has 2 heterocycles. The van der Waals surface area contributed by atoms with Gasteiger partial charge in [0.05, 0.1) is 11.7 Å². The van der Waals surface area contributed by atoms with Crippen LogP contribution < -0.4 is 10.1 Å². The molecule has 0 fully saturated rings. The van der Waals surface area contributed by atoms with Gasteiger partial charge >= 0.3 is 0 Å². The summed E-state index contributed by atoms with van der Waals surface area (Å²) in [6.07, 6.45) is 3.86. The minimum absolute atomic E-state index is 0.0714. The molecule has 1 aromatic heterocycles. The van der Waals surface area contributed by atoms with Gasteiger partial charge in [-0.3, -0.25) is 19.5 Å². The predicted octanol–water partition coefficient (Wildman–Crippen LogP) is 3.44. The zero-order chi connectivity index (χ0) is 24.7. The molecule has 3 rings (SSSR count).